The average Bonchev–Trinajstić information content (AvgIpc) is 3.28. The third kappa shape index (κ3) is 7.73. The van der Waals surface area contributed by atoms with E-state index in [-0.39, 0.29) is 0 Å². The summed E-state index contributed by atoms with van der Waals surface area (Å²) < 4.78 is 0. The minimum absolute atomic E-state index is 1.10. The maximum atomic E-state index is 2.32. The molecule has 0 N–H and O–H groups in total. The lowest BCUT2D eigenvalue weighted by Crippen LogP contribution is -2.15. The summed E-state index contributed by atoms with van der Waals surface area (Å²) in [6.07, 6.45) is 6.42. The fourth-order valence-corrected chi connectivity index (χ4v) is 7.38. The van der Waals surface area contributed by atoms with Crippen molar-refractivity contribution in [3.05, 3.63) is 236 Å². The Morgan fingerprint density at radius 2 is 0.643 bits per heavy atom. The normalized spacial score (nSPS) is 11.4. The molecule has 0 atom stereocenters. The van der Waals surface area contributed by atoms with Gasteiger partial charge in [-0.05, 0) is 125 Å². The molecule has 0 aliphatic rings. The Bertz CT molecular complexity index is 2540. The van der Waals surface area contributed by atoms with Gasteiger partial charge in [-0.25, -0.2) is 0 Å². The topological polar surface area (TPSA) is 6.48 Å². The van der Waals surface area contributed by atoms with Crippen molar-refractivity contribution in [2.75, 3.05) is 9.80 Å². The lowest BCUT2D eigenvalue weighted by Gasteiger charge is -2.27. The first-order valence-corrected chi connectivity index (χ1v) is 19.3. The van der Waals surface area contributed by atoms with Crippen molar-refractivity contribution < 1.29 is 0 Å². The van der Waals surface area contributed by atoms with Crippen LogP contribution in [0.2, 0.25) is 0 Å². The Kier molecular flexibility index (Phi) is 10.8. The van der Waals surface area contributed by atoms with Crippen molar-refractivity contribution in [2.24, 2.45) is 0 Å². The number of benzene rings is 8. The Morgan fingerprint density at radius 3 is 1.04 bits per heavy atom. The second kappa shape index (κ2) is 16.9. The van der Waals surface area contributed by atoms with Crippen molar-refractivity contribution in [1.29, 1.82) is 0 Å². The van der Waals surface area contributed by atoms with E-state index in [1.54, 1.807) is 0 Å². The summed E-state index contributed by atoms with van der Waals surface area (Å²) in [5.74, 6) is 0. The fraction of sp³-hybridized carbons (Fsp3) is 0.0370. The zero-order valence-corrected chi connectivity index (χ0v) is 31.8. The molecule has 8 rings (SSSR count). The van der Waals surface area contributed by atoms with E-state index in [0.717, 1.165) is 34.1 Å². The number of anilines is 5. The van der Waals surface area contributed by atoms with E-state index < -0.39 is 0 Å². The number of allylic oxidation sites excluding steroid dienone is 3. The molecule has 0 saturated carbocycles. The molecule has 0 spiro atoms. The lowest BCUT2D eigenvalue weighted by atomic mass is 9.94. The molecule has 0 unspecified atom stereocenters. The molecule has 56 heavy (non-hydrogen) atoms. The van der Waals surface area contributed by atoms with Crippen molar-refractivity contribution in [1.82, 2.24) is 0 Å². The first kappa shape index (κ1) is 35.8. The molecule has 0 amide bonds. The van der Waals surface area contributed by atoms with E-state index in [2.05, 4.69) is 254 Å². The number of hydrogen-bond donors (Lipinski definition) is 0. The summed E-state index contributed by atoms with van der Waals surface area (Å²) in [5.41, 5.74) is 16.2. The number of nitrogens with zero attached hydrogens (tertiary/aromatic N) is 2. The van der Waals surface area contributed by atoms with E-state index in [1.807, 2.05) is 0 Å². The van der Waals surface area contributed by atoms with Gasteiger partial charge in [0.25, 0.3) is 0 Å². The van der Waals surface area contributed by atoms with Crippen LogP contribution < -0.4 is 9.80 Å². The van der Waals surface area contributed by atoms with Crippen LogP contribution in [0.1, 0.15) is 13.8 Å². The largest absolute Gasteiger partial charge is 0.311 e. The molecule has 0 saturated heterocycles. The Hall–Kier alpha value is -7.16. The molecule has 0 heterocycles. The van der Waals surface area contributed by atoms with E-state index >= 15 is 0 Å². The Balaban J connectivity index is 1.09. The van der Waals surface area contributed by atoms with Gasteiger partial charge < -0.3 is 9.80 Å². The molecule has 0 bridgehead atoms. The van der Waals surface area contributed by atoms with Gasteiger partial charge in [-0.3, -0.25) is 0 Å². The van der Waals surface area contributed by atoms with Crippen molar-refractivity contribution in [2.45, 2.75) is 13.8 Å². The standard InChI is InChI=1S/C54H44N2/c1-3-16-47(4-2)55(49-33-25-43(26-34-49)41-17-8-5-9-18-41)50-37-29-45(30-38-50)53-23-14-15-24-54(53)46-31-39-52(40-32-46)56(48-21-12-7-13-22-48)51-35-27-44(28-36-51)42-19-10-6-11-20-42/h3-40H,1-2H3/b16-3-,47-4+. The second-order valence-corrected chi connectivity index (χ2v) is 13.7. The number of para-hydroxylation sites is 1. The van der Waals surface area contributed by atoms with E-state index in [0.29, 0.717) is 0 Å². The highest BCUT2D eigenvalue weighted by Crippen LogP contribution is 2.39. The van der Waals surface area contributed by atoms with Gasteiger partial charge >= 0.3 is 0 Å². The first-order valence-electron chi connectivity index (χ1n) is 19.3. The third-order valence-corrected chi connectivity index (χ3v) is 10.2. The van der Waals surface area contributed by atoms with Crippen LogP contribution in [0.25, 0.3) is 44.5 Å². The van der Waals surface area contributed by atoms with Gasteiger partial charge in [-0.1, -0.05) is 164 Å². The molecule has 0 aliphatic heterocycles. The van der Waals surface area contributed by atoms with Crippen molar-refractivity contribution >= 4 is 28.4 Å². The smallest absolute Gasteiger partial charge is 0.0462 e. The van der Waals surface area contributed by atoms with E-state index in [4.69, 9.17) is 0 Å². The number of hydrogen-bond acceptors (Lipinski definition) is 2. The summed E-state index contributed by atoms with van der Waals surface area (Å²) in [6.45, 7) is 4.16. The van der Waals surface area contributed by atoms with Gasteiger partial charge in [0.1, 0.15) is 0 Å². The maximum absolute atomic E-state index is 2.32. The fourth-order valence-electron chi connectivity index (χ4n) is 7.38. The highest BCUT2D eigenvalue weighted by molar-refractivity contribution is 5.86. The molecule has 8 aromatic carbocycles. The number of rotatable bonds is 11. The van der Waals surface area contributed by atoms with Crippen LogP contribution in [0.5, 0.6) is 0 Å². The van der Waals surface area contributed by atoms with Gasteiger partial charge in [0, 0.05) is 34.1 Å². The summed E-state index contributed by atoms with van der Waals surface area (Å²) >= 11 is 0. The Labute approximate surface area is 331 Å². The molecule has 0 aromatic heterocycles. The monoisotopic (exact) mass is 720 g/mol. The SMILES string of the molecule is C/C=C\C(=C/C)N(c1ccc(-c2ccccc2)cc1)c1ccc(-c2ccccc2-c2ccc(N(c3ccccc3)c3ccc(-c4ccccc4)cc3)cc2)cc1. The first-order chi connectivity index (χ1) is 27.7. The molecule has 2 heteroatoms. The Morgan fingerprint density at radius 1 is 0.321 bits per heavy atom. The predicted molar refractivity (Wildman–Crippen MR) is 240 cm³/mol. The van der Waals surface area contributed by atoms with Crippen LogP contribution in [-0.2, 0) is 0 Å². The van der Waals surface area contributed by atoms with Crippen molar-refractivity contribution in [3.8, 4) is 44.5 Å². The van der Waals surface area contributed by atoms with Crippen LogP contribution in [0.3, 0.4) is 0 Å². The highest BCUT2D eigenvalue weighted by atomic mass is 15.1. The van der Waals surface area contributed by atoms with Gasteiger partial charge in [-0.15, -0.1) is 0 Å². The van der Waals surface area contributed by atoms with Crippen LogP contribution in [0.15, 0.2) is 236 Å². The second-order valence-electron chi connectivity index (χ2n) is 13.7. The highest BCUT2D eigenvalue weighted by Gasteiger charge is 2.16. The van der Waals surface area contributed by atoms with Crippen LogP contribution in [-0.4, -0.2) is 0 Å². The molecule has 0 radical (unpaired) electrons. The zero-order valence-electron chi connectivity index (χ0n) is 31.8. The minimum atomic E-state index is 1.10. The van der Waals surface area contributed by atoms with E-state index in [9.17, 15) is 0 Å². The molecule has 270 valence electrons. The minimum Gasteiger partial charge on any atom is -0.311 e. The third-order valence-electron chi connectivity index (χ3n) is 10.2. The summed E-state index contributed by atoms with van der Waals surface area (Å²) in [5, 5.41) is 0. The van der Waals surface area contributed by atoms with Crippen molar-refractivity contribution in [3.63, 3.8) is 0 Å². The predicted octanol–water partition coefficient (Wildman–Crippen LogP) is 15.4. The molecule has 0 fully saturated rings. The van der Waals surface area contributed by atoms with Crippen LogP contribution in [0, 0.1) is 0 Å². The summed E-state index contributed by atoms with van der Waals surface area (Å²) in [6, 6.07) is 75.9. The molecule has 8 aromatic rings. The quantitative estimate of drug-likeness (QED) is 0.123. The van der Waals surface area contributed by atoms with E-state index in [1.165, 1.54) is 44.5 Å². The molecule has 2 nitrogen and oxygen atoms in total. The van der Waals surface area contributed by atoms with Gasteiger partial charge in [0.15, 0.2) is 0 Å². The molecular formula is C54H44N2. The van der Waals surface area contributed by atoms with Crippen LogP contribution >= 0.6 is 0 Å². The van der Waals surface area contributed by atoms with Gasteiger partial charge in [0.05, 0.1) is 0 Å². The summed E-state index contributed by atoms with van der Waals surface area (Å²) in [7, 11) is 0. The molecule has 0 aliphatic carbocycles. The lowest BCUT2D eigenvalue weighted by molar-refractivity contribution is 1.20. The summed E-state index contributed by atoms with van der Waals surface area (Å²) in [4.78, 5) is 4.63. The molecular weight excluding hydrogens is 677 g/mol. The zero-order chi connectivity index (χ0) is 38.1. The van der Waals surface area contributed by atoms with Gasteiger partial charge in [-0.2, -0.15) is 0 Å². The van der Waals surface area contributed by atoms with Crippen LogP contribution in [0.4, 0.5) is 28.4 Å². The van der Waals surface area contributed by atoms with Gasteiger partial charge in [0.2, 0.25) is 0 Å². The maximum Gasteiger partial charge on any atom is 0.0462 e. The average molecular weight is 721 g/mol.